The first-order valence-electron chi connectivity index (χ1n) is 5.70. The zero-order chi connectivity index (χ0) is 9.73. The second-order valence-electron chi connectivity index (χ2n) is 4.62. The number of nitrogens with two attached hydrogens (primary N) is 1. The van der Waals surface area contributed by atoms with Gasteiger partial charge in [0.25, 0.3) is 0 Å². The molecule has 0 aromatic rings. The molecule has 0 aromatic heterocycles. The zero-order valence-corrected chi connectivity index (χ0v) is 9.10. The van der Waals surface area contributed by atoms with Gasteiger partial charge in [0.1, 0.15) is 0 Å². The standard InChI is InChI=1S/C11H24N2/c1-3-4-9-13-11(12)7-5-10(2)6-8-11/h10,13H,3-9,12H2,1-2H3. The van der Waals surface area contributed by atoms with Gasteiger partial charge in [0, 0.05) is 0 Å². The van der Waals surface area contributed by atoms with E-state index in [9.17, 15) is 0 Å². The average molecular weight is 184 g/mol. The van der Waals surface area contributed by atoms with Gasteiger partial charge in [-0.15, -0.1) is 0 Å². The Kier molecular flexibility index (Phi) is 4.20. The minimum atomic E-state index is -0.0400. The minimum absolute atomic E-state index is 0.0400. The molecule has 0 aromatic carbocycles. The van der Waals surface area contributed by atoms with Crippen LogP contribution in [0.15, 0.2) is 0 Å². The van der Waals surface area contributed by atoms with Crippen molar-refractivity contribution < 1.29 is 0 Å². The lowest BCUT2D eigenvalue weighted by molar-refractivity contribution is 0.201. The van der Waals surface area contributed by atoms with Crippen LogP contribution in [0.2, 0.25) is 0 Å². The summed E-state index contributed by atoms with van der Waals surface area (Å²) < 4.78 is 0. The van der Waals surface area contributed by atoms with Crippen molar-refractivity contribution >= 4 is 0 Å². The predicted molar refractivity (Wildman–Crippen MR) is 57.5 cm³/mol. The van der Waals surface area contributed by atoms with Crippen LogP contribution in [0, 0.1) is 5.92 Å². The fraction of sp³-hybridized carbons (Fsp3) is 1.00. The number of nitrogens with one attached hydrogen (secondary N) is 1. The van der Waals surface area contributed by atoms with Gasteiger partial charge in [0.05, 0.1) is 5.66 Å². The van der Waals surface area contributed by atoms with E-state index in [2.05, 4.69) is 19.2 Å². The van der Waals surface area contributed by atoms with Crippen molar-refractivity contribution in [2.75, 3.05) is 6.54 Å². The van der Waals surface area contributed by atoms with Crippen molar-refractivity contribution in [1.82, 2.24) is 5.32 Å². The van der Waals surface area contributed by atoms with E-state index >= 15 is 0 Å². The molecule has 0 spiro atoms. The molecule has 13 heavy (non-hydrogen) atoms. The highest BCUT2D eigenvalue weighted by Gasteiger charge is 2.28. The van der Waals surface area contributed by atoms with Crippen molar-refractivity contribution in [3.05, 3.63) is 0 Å². The number of rotatable bonds is 4. The maximum absolute atomic E-state index is 6.25. The van der Waals surface area contributed by atoms with Crippen molar-refractivity contribution in [3.8, 4) is 0 Å². The molecule has 1 saturated carbocycles. The van der Waals surface area contributed by atoms with Gasteiger partial charge in [0.15, 0.2) is 0 Å². The molecule has 0 atom stereocenters. The number of hydrogen-bond donors (Lipinski definition) is 2. The van der Waals surface area contributed by atoms with Crippen molar-refractivity contribution in [1.29, 1.82) is 0 Å². The van der Waals surface area contributed by atoms with Gasteiger partial charge in [-0.1, -0.05) is 20.3 Å². The maximum Gasteiger partial charge on any atom is 0.0662 e. The van der Waals surface area contributed by atoms with Crippen molar-refractivity contribution in [2.45, 2.75) is 58.0 Å². The molecule has 0 radical (unpaired) electrons. The van der Waals surface area contributed by atoms with Crippen LogP contribution >= 0.6 is 0 Å². The molecule has 0 bridgehead atoms. The Morgan fingerprint density at radius 3 is 2.54 bits per heavy atom. The molecule has 0 saturated heterocycles. The van der Waals surface area contributed by atoms with Gasteiger partial charge in [-0.05, 0) is 44.6 Å². The Hall–Kier alpha value is -0.0800. The smallest absolute Gasteiger partial charge is 0.0662 e. The van der Waals surface area contributed by atoms with Crippen LogP contribution in [0.5, 0.6) is 0 Å². The SMILES string of the molecule is CCCCNC1(N)CCC(C)CC1. The third-order valence-electron chi connectivity index (χ3n) is 3.17. The molecular formula is C11H24N2. The van der Waals surface area contributed by atoms with Crippen LogP contribution in [-0.2, 0) is 0 Å². The van der Waals surface area contributed by atoms with Gasteiger partial charge in [-0.25, -0.2) is 0 Å². The van der Waals surface area contributed by atoms with Gasteiger partial charge < -0.3 is 5.73 Å². The van der Waals surface area contributed by atoms with E-state index in [4.69, 9.17) is 5.73 Å². The Morgan fingerprint density at radius 1 is 1.38 bits per heavy atom. The van der Waals surface area contributed by atoms with Crippen LogP contribution in [0.25, 0.3) is 0 Å². The van der Waals surface area contributed by atoms with E-state index in [1.54, 1.807) is 0 Å². The molecule has 78 valence electrons. The summed E-state index contributed by atoms with van der Waals surface area (Å²) in [4.78, 5) is 0. The molecule has 0 unspecified atom stereocenters. The average Bonchev–Trinajstić information content (AvgIpc) is 2.12. The number of unbranched alkanes of at least 4 members (excludes halogenated alkanes) is 1. The summed E-state index contributed by atoms with van der Waals surface area (Å²) in [7, 11) is 0. The lowest BCUT2D eigenvalue weighted by Gasteiger charge is -2.37. The van der Waals surface area contributed by atoms with Gasteiger partial charge in [0.2, 0.25) is 0 Å². The molecule has 1 fully saturated rings. The molecule has 2 nitrogen and oxygen atoms in total. The zero-order valence-electron chi connectivity index (χ0n) is 9.10. The van der Waals surface area contributed by atoms with Crippen molar-refractivity contribution in [3.63, 3.8) is 0 Å². The fourth-order valence-corrected chi connectivity index (χ4v) is 1.97. The normalized spacial score (nSPS) is 34.8. The van der Waals surface area contributed by atoms with Gasteiger partial charge in [-0.2, -0.15) is 0 Å². The summed E-state index contributed by atoms with van der Waals surface area (Å²) in [6, 6.07) is 0. The van der Waals surface area contributed by atoms with E-state index < -0.39 is 0 Å². The van der Waals surface area contributed by atoms with E-state index in [1.165, 1.54) is 25.7 Å². The molecule has 1 aliphatic rings. The monoisotopic (exact) mass is 184 g/mol. The highest BCUT2D eigenvalue weighted by molar-refractivity contribution is 4.86. The minimum Gasteiger partial charge on any atom is -0.313 e. The Labute approximate surface area is 82.3 Å². The first-order chi connectivity index (χ1) is 6.16. The number of hydrogen-bond acceptors (Lipinski definition) is 2. The molecule has 3 N–H and O–H groups in total. The van der Waals surface area contributed by atoms with Crippen LogP contribution in [-0.4, -0.2) is 12.2 Å². The Balaban J connectivity index is 2.22. The molecule has 0 amide bonds. The summed E-state index contributed by atoms with van der Waals surface area (Å²) in [6.45, 7) is 5.63. The predicted octanol–water partition coefficient (Wildman–Crippen LogP) is 2.24. The van der Waals surface area contributed by atoms with E-state index in [-0.39, 0.29) is 5.66 Å². The Morgan fingerprint density at radius 2 is 2.00 bits per heavy atom. The topological polar surface area (TPSA) is 38.0 Å². The molecule has 0 aliphatic heterocycles. The highest BCUT2D eigenvalue weighted by atomic mass is 15.1. The van der Waals surface area contributed by atoms with Crippen LogP contribution in [0.4, 0.5) is 0 Å². The van der Waals surface area contributed by atoms with E-state index in [1.807, 2.05) is 0 Å². The molecular weight excluding hydrogens is 160 g/mol. The summed E-state index contributed by atoms with van der Waals surface area (Å²) in [5.74, 6) is 0.879. The molecule has 2 heteroatoms. The second-order valence-corrected chi connectivity index (χ2v) is 4.62. The third-order valence-corrected chi connectivity index (χ3v) is 3.17. The third kappa shape index (κ3) is 3.65. The summed E-state index contributed by atoms with van der Waals surface area (Å²) in [6.07, 6.45) is 7.37. The lowest BCUT2D eigenvalue weighted by atomic mass is 9.83. The lowest BCUT2D eigenvalue weighted by Crippen LogP contribution is -2.55. The summed E-state index contributed by atoms with van der Waals surface area (Å²) in [5, 5.41) is 3.50. The van der Waals surface area contributed by atoms with E-state index in [0.717, 1.165) is 25.3 Å². The highest BCUT2D eigenvalue weighted by Crippen LogP contribution is 2.28. The van der Waals surface area contributed by atoms with Crippen LogP contribution < -0.4 is 11.1 Å². The quantitative estimate of drug-likeness (QED) is 0.519. The van der Waals surface area contributed by atoms with Gasteiger partial charge in [-0.3, -0.25) is 5.32 Å². The molecule has 1 rings (SSSR count). The van der Waals surface area contributed by atoms with Gasteiger partial charge >= 0.3 is 0 Å². The van der Waals surface area contributed by atoms with Crippen molar-refractivity contribution in [2.24, 2.45) is 11.7 Å². The second kappa shape index (κ2) is 4.97. The Bertz CT molecular complexity index is 137. The first-order valence-corrected chi connectivity index (χ1v) is 5.70. The summed E-state index contributed by atoms with van der Waals surface area (Å²) in [5.41, 5.74) is 6.21. The molecule has 0 heterocycles. The first kappa shape index (κ1) is 11.0. The van der Waals surface area contributed by atoms with Crippen LogP contribution in [0.1, 0.15) is 52.4 Å². The largest absolute Gasteiger partial charge is 0.313 e. The van der Waals surface area contributed by atoms with Crippen LogP contribution in [0.3, 0.4) is 0 Å². The summed E-state index contributed by atoms with van der Waals surface area (Å²) >= 11 is 0. The van der Waals surface area contributed by atoms with E-state index in [0.29, 0.717) is 0 Å². The fourth-order valence-electron chi connectivity index (χ4n) is 1.97. The maximum atomic E-state index is 6.25. The molecule has 1 aliphatic carbocycles.